The second kappa shape index (κ2) is 37.8. The molecule has 0 fully saturated rings. The normalized spacial score (nSPS) is 12.6. The maximum absolute atomic E-state index is 16.8. The molecule has 0 saturated carbocycles. The number of anilines is 12. The third kappa shape index (κ3) is 19.3. The molecule has 0 saturated heterocycles. The first-order chi connectivity index (χ1) is 69.8. The van der Waals surface area contributed by atoms with Crippen LogP contribution in [0.1, 0.15) is 22.3 Å². The Balaban J connectivity index is 0.000000186. The van der Waals surface area contributed by atoms with Gasteiger partial charge in [-0.2, -0.15) is 52.7 Å². The molecule has 748 valence electrons. The Labute approximate surface area is 844 Å². The van der Waals surface area contributed by atoms with Gasteiger partial charge in [0, 0.05) is 90.8 Å². The van der Waals surface area contributed by atoms with E-state index in [9.17, 15) is 52.7 Å². The van der Waals surface area contributed by atoms with Crippen LogP contribution in [-0.2, 0) is 24.7 Å². The molecule has 0 amide bonds. The van der Waals surface area contributed by atoms with E-state index >= 15 is 35.1 Å². The zero-order valence-electron chi connectivity index (χ0n) is 81.7. The largest absolute Gasteiger partial charge is 0.417 e. The highest BCUT2D eigenvalue weighted by Crippen LogP contribution is 2.55. The minimum Gasteiger partial charge on any atom is -0.307 e. The SMILES string of the molecule is C[Si](C)(C)c1ccc(N(c2cc(-c3cccc(C(F)(F)F)c3)c(F)cc2F)c2ccc3ccc4c(N(c5ccc([Si](C)(C)C)cc5)c5cc(-c6cccc(C(F)(F)F)c6)c(F)cc5F)ccc5ccc2c3c54)cc1.C[Si](C)(C)c1ccc(N(c2cc(-c3ccccc3C(F)(F)F)c(F)cc2F)c2ccc3ccc4c(N(c5ccc([Si](C)(C)C)cc5)c5cc(-c6ccccc6C(F)(F)F)c(F)cc5F)ccc5ccc2c3c54)cc1. The minimum absolute atomic E-state index is 0.102. The number of hydrogen-bond donors (Lipinski definition) is 0. The molecule has 20 aromatic carbocycles. The number of nitrogens with zero attached hydrogens (tertiary/aromatic N) is 4. The van der Waals surface area contributed by atoms with Crippen LogP contribution < -0.4 is 40.3 Å². The fraction of sp³-hybridized carbons (Fsp3) is 0.133. The van der Waals surface area contributed by atoms with E-state index in [0.717, 1.165) is 103 Å². The fourth-order valence-corrected chi connectivity index (χ4v) is 24.4. The van der Waals surface area contributed by atoms with E-state index in [0.29, 0.717) is 113 Å². The molecule has 0 aromatic heterocycles. The Morgan fingerprint density at radius 1 is 0.182 bits per heavy atom. The van der Waals surface area contributed by atoms with Gasteiger partial charge in [-0.25, -0.2) is 35.1 Å². The van der Waals surface area contributed by atoms with Gasteiger partial charge in [-0.15, -0.1) is 0 Å². The van der Waals surface area contributed by atoms with Gasteiger partial charge in [0.05, 0.1) is 100 Å². The highest BCUT2D eigenvalue weighted by molar-refractivity contribution is 6.90. The molecule has 0 unspecified atom stereocenters. The second-order valence-electron chi connectivity index (χ2n) is 41.1. The van der Waals surface area contributed by atoms with Crippen LogP contribution >= 0.6 is 0 Å². The predicted molar refractivity (Wildman–Crippen MR) is 572 cm³/mol. The summed E-state index contributed by atoms with van der Waals surface area (Å²) >= 11 is 0. The van der Waals surface area contributed by atoms with E-state index < -0.39 is 148 Å². The van der Waals surface area contributed by atoms with Crippen molar-refractivity contribution >= 4 is 186 Å². The molecule has 0 atom stereocenters. The van der Waals surface area contributed by atoms with E-state index in [1.165, 1.54) is 60.7 Å². The molecule has 0 spiro atoms. The standard InChI is InChI=1S/2C60H46F10N2Si2/c1-73(2,3)43-21-17-41(18-22-43)71(55-31-47(49(61)33-51(55)63)37-9-7-11-39(29-37)59(65,66)67)53-27-15-35-14-26-46-54(28-16-36-13-25-45(53)57(35)58(36)46)72(42-19-23-44(24-20-42)74(4,5)6)56-32-48(50(62)34-52(56)64)38-10-8-12-40(30-38)60(68,69)70;1-73(2,3)39-23-19-37(20-24-39)71(55-31-45(49(61)33-51(55)63)41-11-7-9-13-47(41)59(65,66)67)53-29-17-35-16-28-44-54(30-18-36-15-27-43(53)57(35)58(36)44)72(38-21-25-40(26-22-38)74(4,5)6)56-32-46(50(62)34-52(56)64)42-12-8-10-14-48(42)60(68,69)70/h2*7-34H,1-6H3. The molecule has 0 aliphatic heterocycles. The van der Waals surface area contributed by atoms with Crippen LogP contribution in [0.4, 0.5) is 156 Å². The van der Waals surface area contributed by atoms with E-state index in [1.54, 1.807) is 68.1 Å². The molecule has 0 radical (unpaired) electrons. The van der Waals surface area contributed by atoms with Crippen molar-refractivity contribution in [2.45, 2.75) is 103 Å². The highest BCUT2D eigenvalue weighted by Gasteiger charge is 2.40. The molecule has 20 aromatic rings. The predicted octanol–water partition coefficient (Wildman–Crippen LogP) is 37.1. The summed E-state index contributed by atoms with van der Waals surface area (Å²) in [5.74, 6) is -8.49. The summed E-state index contributed by atoms with van der Waals surface area (Å²) in [4.78, 5) is 6.39. The maximum atomic E-state index is 16.8. The van der Waals surface area contributed by atoms with Crippen molar-refractivity contribution in [3.63, 3.8) is 0 Å². The van der Waals surface area contributed by atoms with Crippen molar-refractivity contribution < 1.29 is 87.8 Å². The van der Waals surface area contributed by atoms with Crippen LogP contribution in [-0.4, -0.2) is 32.3 Å². The zero-order chi connectivity index (χ0) is 106. The van der Waals surface area contributed by atoms with Gasteiger partial charge >= 0.3 is 24.7 Å². The van der Waals surface area contributed by atoms with E-state index in [1.807, 2.05) is 146 Å². The van der Waals surface area contributed by atoms with E-state index in [-0.39, 0.29) is 45.0 Å². The van der Waals surface area contributed by atoms with Crippen LogP contribution in [0.25, 0.3) is 109 Å². The smallest absolute Gasteiger partial charge is 0.307 e. The van der Waals surface area contributed by atoms with Crippen molar-refractivity contribution in [3.8, 4) is 44.5 Å². The Morgan fingerprint density at radius 2 is 0.405 bits per heavy atom. The van der Waals surface area contributed by atoms with Crippen molar-refractivity contribution in [3.05, 3.63) is 409 Å². The summed E-state index contributed by atoms with van der Waals surface area (Å²) in [5.41, 5.74) is -3.91. The number of rotatable bonds is 20. The lowest BCUT2D eigenvalue weighted by atomic mass is 9.91. The zero-order valence-corrected chi connectivity index (χ0v) is 85.7. The molecule has 148 heavy (non-hydrogen) atoms. The average molecular weight is 2080 g/mol. The number of benzene rings is 20. The van der Waals surface area contributed by atoms with Gasteiger partial charge in [0.25, 0.3) is 0 Å². The molecular formula is C120H92F20N4Si4. The molecular weight excluding hydrogens is 1990 g/mol. The minimum atomic E-state index is -4.86. The van der Waals surface area contributed by atoms with Crippen molar-refractivity contribution in [1.82, 2.24) is 0 Å². The molecule has 4 nitrogen and oxygen atoms in total. The van der Waals surface area contributed by atoms with Crippen molar-refractivity contribution in [2.75, 3.05) is 19.6 Å². The van der Waals surface area contributed by atoms with E-state index in [2.05, 4.69) is 78.6 Å². The van der Waals surface area contributed by atoms with Gasteiger partial charge in [0.2, 0.25) is 0 Å². The molecule has 0 aliphatic rings. The quantitative estimate of drug-likeness (QED) is 0.0428. The average Bonchev–Trinajstić information content (AvgIpc) is 0.716. The number of halogens is 20. The monoisotopic (exact) mass is 2080 g/mol. The van der Waals surface area contributed by atoms with Crippen molar-refractivity contribution in [2.24, 2.45) is 0 Å². The first-order valence-electron chi connectivity index (χ1n) is 47.5. The molecule has 20 rings (SSSR count). The van der Waals surface area contributed by atoms with Crippen molar-refractivity contribution in [1.29, 1.82) is 0 Å². The summed E-state index contributed by atoms with van der Waals surface area (Å²) in [6, 6.07) is 84.3. The lowest BCUT2D eigenvalue weighted by Gasteiger charge is -2.30. The molecule has 28 heteroatoms. The summed E-state index contributed by atoms with van der Waals surface area (Å²) in [6.45, 7) is 26.1. The van der Waals surface area contributed by atoms with Gasteiger partial charge < -0.3 is 19.6 Å². The first-order valence-corrected chi connectivity index (χ1v) is 61.5. The maximum Gasteiger partial charge on any atom is 0.417 e. The summed E-state index contributed by atoms with van der Waals surface area (Å²) < 4.78 is 302. The van der Waals surface area contributed by atoms with Gasteiger partial charge in [-0.05, 0) is 199 Å². The summed E-state index contributed by atoms with van der Waals surface area (Å²) in [7, 11) is -7.49. The molecule has 0 aliphatic carbocycles. The Hall–Kier alpha value is -14.9. The van der Waals surface area contributed by atoms with Gasteiger partial charge in [-0.3, -0.25) is 0 Å². The third-order valence-electron chi connectivity index (χ3n) is 27.3. The topological polar surface area (TPSA) is 13.0 Å². The van der Waals surface area contributed by atoms with Crippen LogP contribution in [0.15, 0.2) is 340 Å². The molecule has 0 bridgehead atoms. The van der Waals surface area contributed by atoms with Crippen LogP contribution in [0, 0.1) is 46.5 Å². The summed E-state index contributed by atoms with van der Waals surface area (Å²) in [5, 5.41) is 12.5. The highest BCUT2D eigenvalue weighted by atomic mass is 28.3. The van der Waals surface area contributed by atoms with Gasteiger partial charge in [0.1, 0.15) is 46.5 Å². The Morgan fingerprint density at radius 3 is 0.635 bits per heavy atom. The van der Waals surface area contributed by atoms with Gasteiger partial charge in [0.15, 0.2) is 0 Å². The Bertz CT molecular complexity index is 8060. The lowest BCUT2D eigenvalue weighted by Crippen LogP contribution is -2.37. The fourth-order valence-electron chi connectivity index (χ4n) is 19.7. The molecule has 0 heterocycles. The summed E-state index contributed by atoms with van der Waals surface area (Å²) in [6.07, 6.45) is -19.2. The second-order valence-corrected chi connectivity index (χ2v) is 61.4. The molecule has 0 N–H and O–H groups in total. The Kier molecular flexibility index (Phi) is 26.0. The van der Waals surface area contributed by atoms with Gasteiger partial charge in [-0.1, -0.05) is 281 Å². The van der Waals surface area contributed by atoms with Crippen LogP contribution in [0.5, 0.6) is 0 Å². The third-order valence-corrected chi connectivity index (χ3v) is 35.6. The van der Waals surface area contributed by atoms with E-state index in [4.69, 9.17) is 0 Å². The lowest BCUT2D eigenvalue weighted by molar-refractivity contribution is -0.138. The number of alkyl halides is 12. The number of hydrogen-bond acceptors (Lipinski definition) is 4. The van der Waals surface area contributed by atoms with Crippen LogP contribution in [0.2, 0.25) is 78.6 Å². The van der Waals surface area contributed by atoms with Crippen LogP contribution in [0.3, 0.4) is 0 Å². The first kappa shape index (κ1) is 102.